The number of nitrogens with zero attached hydrogens (tertiary/aromatic N) is 5. The molecule has 0 spiro atoms. The molecule has 2 saturated heterocycles. The van der Waals surface area contributed by atoms with E-state index in [9.17, 15) is 9.59 Å². The lowest BCUT2D eigenvalue weighted by atomic mass is 10.1. The van der Waals surface area contributed by atoms with Crippen LogP contribution in [0.25, 0.3) is 10.9 Å². The molecular weight excluding hydrogens is 440 g/mol. The van der Waals surface area contributed by atoms with E-state index in [4.69, 9.17) is 0 Å². The van der Waals surface area contributed by atoms with Gasteiger partial charge in [-0.2, -0.15) is 0 Å². The summed E-state index contributed by atoms with van der Waals surface area (Å²) < 4.78 is 0. The van der Waals surface area contributed by atoms with Gasteiger partial charge in [-0.25, -0.2) is 0 Å². The predicted octanol–water partition coefficient (Wildman–Crippen LogP) is 2.69. The van der Waals surface area contributed by atoms with Gasteiger partial charge in [0.15, 0.2) is 0 Å². The highest BCUT2D eigenvalue weighted by Gasteiger charge is 2.25. The van der Waals surface area contributed by atoms with Gasteiger partial charge in [-0.15, -0.1) is 0 Å². The average molecular weight is 475 g/mol. The summed E-state index contributed by atoms with van der Waals surface area (Å²) in [5.74, 6) is 0.184. The molecule has 184 valence electrons. The van der Waals surface area contributed by atoms with Crippen molar-refractivity contribution >= 4 is 22.7 Å². The topological polar surface area (TPSA) is 75.8 Å². The number of hydrogen-bond donors (Lipinski definition) is 1. The number of fused-ring (bicyclic) bond motifs is 1. The van der Waals surface area contributed by atoms with Gasteiger partial charge in [0, 0.05) is 106 Å². The lowest BCUT2D eigenvalue weighted by molar-refractivity contribution is 0.0594. The van der Waals surface area contributed by atoms with Gasteiger partial charge in [-0.1, -0.05) is 6.07 Å². The fourth-order valence-electron chi connectivity index (χ4n) is 5.10. The summed E-state index contributed by atoms with van der Waals surface area (Å²) in [6.07, 6.45) is 5.37. The third-order valence-corrected chi connectivity index (χ3v) is 7.33. The number of amides is 2. The van der Waals surface area contributed by atoms with Crippen molar-refractivity contribution in [3.05, 3.63) is 65.6 Å². The zero-order valence-electron chi connectivity index (χ0n) is 20.6. The first kappa shape index (κ1) is 23.5. The first-order valence-electron chi connectivity index (χ1n) is 12.5. The zero-order valence-corrected chi connectivity index (χ0v) is 20.6. The number of pyridine rings is 1. The van der Waals surface area contributed by atoms with Crippen molar-refractivity contribution < 1.29 is 9.59 Å². The van der Waals surface area contributed by atoms with Gasteiger partial charge in [0.25, 0.3) is 11.8 Å². The van der Waals surface area contributed by atoms with Gasteiger partial charge < -0.3 is 14.8 Å². The van der Waals surface area contributed by atoms with E-state index < -0.39 is 0 Å². The van der Waals surface area contributed by atoms with E-state index in [2.05, 4.69) is 45.9 Å². The van der Waals surface area contributed by atoms with E-state index >= 15 is 0 Å². The molecule has 35 heavy (non-hydrogen) atoms. The molecule has 1 N–H and O–H groups in total. The second kappa shape index (κ2) is 10.2. The maximum Gasteiger partial charge on any atom is 0.254 e. The molecule has 2 aliphatic heterocycles. The van der Waals surface area contributed by atoms with Crippen LogP contribution in [0.15, 0.2) is 48.9 Å². The van der Waals surface area contributed by atoms with Gasteiger partial charge >= 0.3 is 0 Å². The number of rotatable bonds is 5. The highest BCUT2D eigenvalue weighted by Crippen LogP contribution is 2.23. The molecule has 1 aromatic carbocycles. The van der Waals surface area contributed by atoms with E-state index in [1.807, 2.05) is 21.9 Å². The van der Waals surface area contributed by atoms with Crippen molar-refractivity contribution in [2.75, 3.05) is 52.4 Å². The van der Waals surface area contributed by atoms with E-state index in [0.717, 1.165) is 62.3 Å². The van der Waals surface area contributed by atoms with Crippen molar-refractivity contribution in [3.8, 4) is 0 Å². The maximum atomic E-state index is 13.1. The van der Waals surface area contributed by atoms with Crippen molar-refractivity contribution in [1.82, 2.24) is 29.6 Å². The molecule has 0 radical (unpaired) electrons. The van der Waals surface area contributed by atoms with E-state index in [-0.39, 0.29) is 11.8 Å². The molecule has 8 nitrogen and oxygen atoms in total. The Morgan fingerprint density at radius 3 is 2.14 bits per heavy atom. The lowest BCUT2D eigenvalue weighted by Gasteiger charge is -2.37. The monoisotopic (exact) mass is 474 g/mol. The summed E-state index contributed by atoms with van der Waals surface area (Å²) >= 11 is 0. The van der Waals surface area contributed by atoms with Gasteiger partial charge in [0.05, 0.1) is 0 Å². The molecule has 5 rings (SSSR count). The first-order chi connectivity index (χ1) is 17.0. The van der Waals surface area contributed by atoms with Crippen LogP contribution in [0.4, 0.5) is 0 Å². The van der Waals surface area contributed by atoms with Crippen molar-refractivity contribution in [3.63, 3.8) is 0 Å². The summed E-state index contributed by atoms with van der Waals surface area (Å²) in [5, 5.41) is 1.15. The van der Waals surface area contributed by atoms with Gasteiger partial charge in [-0.05, 0) is 43.7 Å². The Bertz CT molecular complexity index is 1170. The smallest absolute Gasteiger partial charge is 0.254 e. The summed E-state index contributed by atoms with van der Waals surface area (Å²) in [7, 11) is 0. The van der Waals surface area contributed by atoms with Crippen LogP contribution in [0.2, 0.25) is 0 Å². The van der Waals surface area contributed by atoms with Gasteiger partial charge in [0.1, 0.15) is 0 Å². The van der Waals surface area contributed by atoms with Crippen LogP contribution in [0, 0.1) is 0 Å². The number of carbonyl (C=O) groups is 2. The number of benzene rings is 1. The van der Waals surface area contributed by atoms with Crippen LogP contribution in [-0.2, 0) is 6.54 Å². The van der Waals surface area contributed by atoms with Gasteiger partial charge in [-0.3, -0.25) is 24.4 Å². The molecule has 3 aromatic rings. The zero-order chi connectivity index (χ0) is 24.4. The molecule has 0 unspecified atom stereocenters. The molecule has 0 bridgehead atoms. The van der Waals surface area contributed by atoms with Crippen LogP contribution in [0.1, 0.15) is 40.1 Å². The Hall–Kier alpha value is -3.23. The number of hydrogen-bond acceptors (Lipinski definition) is 5. The third kappa shape index (κ3) is 5.09. The Kier molecular flexibility index (Phi) is 6.83. The summed E-state index contributed by atoms with van der Waals surface area (Å²) in [4.78, 5) is 41.8. The molecule has 2 aliphatic rings. The molecule has 0 saturated carbocycles. The van der Waals surface area contributed by atoms with Crippen molar-refractivity contribution in [2.45, 2.75) is 26.4 Å². The highest BCUT2D eigenvalue weighted by molar-refractivity contribution is 5.98. The van der Waals surface area contributed by atoms with Crippen molar-refractivity contribution in [2.24, 2.45) is 0 Å². The van der Waals surface area contributed by atoms with Crippen LogP contribution >= 0.6 is 0 Å². The first-order valence-corrected chi connectivity index (χ1v) is 12.5. The van der Waals surface area contributed by atoms with E-state index in [0.29, 0.717) is 24.7 Å². The maximum absolute atomic E-state index is 13.1. The summed E-state index contributed by atoms with van der Waals surface area (Å²) in [6, 6.07) is 10.1. The second-order valence-corrected chi connectivity index (χ2v) is 9.80. The number of carbonyl (C=O) groups excluding carboxylic acids is 2. The van der Waals surface area contributed by atoms with Crippen LogP contribution in [0.5, 0.6) is 0 Å². The van der Waals surface area contributed by atoms with E-state index in [1.165, 1.54) is 5.56 Å². The quantitative estimate of drug-likeness (QED) is 0.615. The standard InChI is InChI=1S/C27H34N6O2/c1-20(2)31-13-15-33(16-14-31)27(35)22-3-4-24-23(18-29-25(24)17-22)19-30-9-11-32(12-10-30)26(34)21-5-7-28-8-6-21/h3-8,17-18,20,29H,9-16,19H2,1-2H3. The SMILES string of the molecule is CC(C)N1CCN(C(=O)c2ccc3c(CN4CCN(C(=O)c5ccncc5)CC4)c[nH]c3c2)CC1. The highest BCUT2D eigenvalue weighted by atomic mass is 16.2. The average Bonchev–Trinajstić information content (AvgIpc) is 3.30. The number of aromatic nitrogens is 2. The minimum Gasteiger partial charge on any atom is -0.361 e. The molecule has 2 amide bonds. The number of H-pyrrole nitrogens is 1. The van der Waals surface area contributed by atoms with Gasteiger partial charge in [0.2, 0.25) is 0 Å². The number of nitrogens with one attached hydrogen (secondary N) is 1. The second-order valence-electron chi connectivity index (χ2n) is 9.80. The number of piperazine rings is 2. The molecule has 4 heterocycles. The molecule has 0 aliphatic carbocycles. The molecule has 2 aromatic heterocycles. The van der Waals surface area contributed by atoms with Crippen LogP contribution in [-0.4, -0.2) is 99.8 Å². The van der Waals surface area contributed by atoms with Crippen LogP contribution in [0.3, 0.4) is 0 Å². The van der Waals surface area contributed by atoms with E-state index in [1.54, 1.807) is 24.5 Å². The Balaban J connectivity index is 1.19. The Labute approximate surface area is 206 Å². The third-order valence-electron chi connectivity index (χ3n) is 7.33. The minimum absolute atomic E-state index is 0.0713. The summed E-state index contributed by atoms with van der Waals surface area (Å²) in [5.41, 5.74) is 3.65. The summed E-state index contributed by atoms with van der Waals surface area (Å²) in [6.45, 7) is 11.7. The molecule has 8 heteroatoms. The Morgan fingerprint density at radius 2 is 1.49 bits per heavy atom. The lowest BCUT2D eigenvalue weighted by Crippen LogP contribution is -2.50. The van der Waals surface area contributed by atoms with Crippen molar-refractivity contribution in [1.29, 1.82) is 0 Å². The predicted molar refractivity (Wildman–Crippen MR) is 136 cm³/mol. The minimum atomic E-state index is 0.0713. The number of aromatic amines is 1. The van der Waals surface area contributed by atoms with Crippen LogP contribution < -0.4 is 0 Å². The normalized spacial score (nSPS) is 17.9. The molecule has 0 atom stereocenters. The fraction of sp³-hybridized carbons (Fsp3) is 0.444. The Morgan fingerprint density at radius 1 is 0.857 bits per heavy atom. The molecular formula is C27H34N6O2. The fourth-order valence-corrected chi connectivity index (χ4v) is 5.10. The molecule has 2 fully saturated rings. The largest absolute Gasteiger partial charge is 0.361 e.